The van der Waals surface area contributed by atoms with Crippen LogP contribution in [-0.2, 0) is 6.54 Å². The van der Waals surface area contributed by atoms with Crippen LogP contribution in [-0.4, -0.2) is 53.2 Å². The number of aromatic nitrogens is 2. The summed E-state index contributed by atoms with van der Waals surface area (Å²) in [7, 11) is 2.17. The Hall–Kier alpha value is -0.760. The van der Waals surface area contributed by atoms with Crippen LogP contribution >= 0.6 is 11.3 Å². The summed E-state index contributed by atoms with van der Waals surface area (Å²) in [5, 5.41) is 9.74. The molecule has 1 saturated heterocycles. The fourth-order valence-corrected chi connectivity index (χ4v) is 2.52. The lowest BCUT2D eigenvalue weighted by Gasteiger charge is -2.17. The molecule has 90 valence electrons. The second-order valence-electron chi connectivity index (χ2n) is 4.08. The van der Waals surface area contributed by atoms with Gasteiger partial charge < -0.3 is 4.90 Å². The van der Waals surface area contributed by atoms with E-state index in [4.69, 9.17) is 5.84 Å². The van der Waals surface area contributed by atoms with Crippen LogP contribution < -0.4 is 11.3 Å². The lowest BCUT2D eigenvalue weighted by molar-refractivity contribution is 0.268. The molecule has 6 nitrogen and oxygen atoms in total. The van der Waals surface area contributed by atoms with Gasteiger partial charge in [-0.3, -0.25) is 10.3 Å². The summed E-state index contributed by atoms with van der Waals surface area (Å²) in [4.78, 5) is 4.79. The zero-order chi connectivity index (χ0) is 11.4. The Bertz CT molecular complexity index is 328. The van der Waals surface area contributed by atoms with Crippen LogP contribution in [0.2, 0.25) is 0 Å². The van der Waals surface area contributed by atoms with Gasteiger partial charge in [-0.05, 0) is 26.6 Å². The minimum atomic E-state index is 0.682. The van der Waals surface area contributed by atoms with E-state index in [0.29, 0.717) is 5.13 Å². The third-order valence-electron chi connectivity index (χ3n) is 2.76. The largest absolute Gasteiger partial charge is 0.305 e. The van der Waals surface area contributed by atoms with Gasteiger partial charge in [-0.15, -0.1) is 10.2 Å². The van der Waals surface area contributed by atoms with Gasteiger partial charge in [-0.1, -0.05) is 11.3 Å². The fourth-order valence-electron chi connectivity index (χ4n) is 1.83. The smallest absolute Gasteiger partial charge is 0.219 e. The van der Waals surface area contributed by atoms with Crippen LogP contribution in [0.15, 0.2) is 0 Å². The lowest BCUT2D eigenvalue weighted by atomic mass is 10.4. The average Bonchev–Trinajstić information content (AvgIpc) is 2.63. The molecule has 7 heteroatoms. The van der Waals surface area contributed by atoms with E-state index in [-0.39, 0.29) is 0 Å². The number of hydrogen-bond acceptors (Lipinski definition) is 7. The van der Waals surface area contributed by atoms with Crippen molar-refractivity contribution in [3.05, 3.63) is 5.01 Å². The Morgan fingerprint density at radius 3 is 2.94 bits per heavy atom. The molecular formula is C9H18N6S. The van der Waals surface area contributed by atoms with Gasteiger partial charge in [0, 0.05) is 13.1 Å². The molecule has 2 rings (SSSR count). The van der Waals surface area contributed by atoms with Crippen molar-refractivity contribution in [1.82, 2.24) is 20.0 Å². The van der Waals surface area contributed by atoms with Crippen molar-refractivity contribution in [2.24, 2.45) is 5.84 Å². The highest BCUT2D eigenvalue weighted by Crippen LogP contribution is 2.16. The molecule has 1 fully saturated rings. The molecule has 1 aliphatic rings. The molecule has 16 heavy (non-hydrogen) atoms. The SMILES string of the molecule is CN1CCCN(Cc2nnc(NN)s2)CC1. The van der Waals surface area contributed by atoms with Gasteiger partial charge in [-0.25, -0.2) is 5.84 Å². The quantitative estimate of drug-likeness (QED) is 0.572. The molecule has 0 bridgehead atoms. The molecule has 0 aromatic carbocycles. The zero-order valence-corrected chi connectivity index (χ0v) is 10.3. The van der Waals surface area contributed by atoms with Crippen LogP contribution in [0.25, 0.3) is 0 Å². The van der Waals surface area contributed by atoms with E-state index < -0.39 is 0 Å². The molecular weight excluding hydrogens is 224 g/mol. The highest BCUT2D eigenvalue weighted by Gasteiger charge is 2.14. The summed E-state index contributed by atoms with van der Waals surface area (Å²) in [6, 6.07) is 0. The number of nitrogens with zero attached hydrogens (tertiary/aromatic N) is 4. The van der Waals surface area contributed by atoms with Crippen LogP contribution in [0.4, 0.5) is 5.13 Å². The molecule has 0 saturated carbocycles. The Morgan fingerprint density at radius 2 is 2.19 bits per heavy atom. The van der Waals surface area contributed by atoms with Gasteiger partial charge in [-0.2, -0.15) is 0 Å². The summed E-state index contributed by atoms with van der Waals surface area (Å²) in [6.45, 7) is 5.42. The third-order valence-corrected chi connectivity index (χ3v) is 3.60. The average molecular weight is 242 g/mol. The standard InChI is InChI=1S/C9H18N6S/c1-14-3-2-4-15(6-5-14)7-8-12-13-9(11-10)16-8/h2-7,10H2,1H3,(H,11,13). The number of rotatable bonds is 3. The van der Waals surface area contributed by atoms with E-state index in [1.54, 1.807) is 0 Å². The molecule has 0 aliphatic carbocycles. The fraction of sp³-hybridized carbons (Fsp3) is 0.778. The number of hydrogen-bond donors (Lipinski definition) is 2. The van der Waals surface area contributed by atoms with Gasteiger partial charge in [0.25, 0.3) is 0 Å². The maximum Gasteiger partial charge on any atom is 0.219 e. The number of nitrogens with one attached hydrogen (secondary N) is 1. The Morgan fingerprint density at radius 1 is 1.31 bits per heavy atom. The van der Waals surface area contributed by atoms with E-state index in [1.165, 1.54) is 24.3 Å². The van der Waals surface area contributed by atoms with Crippen LogP contribution in [0.3, 0.4) is 0 Å². The zero-order valence-electron chi connectivity index (χ0n) is 9.52. The maximum absolute atomic E-state index is 5.28. The van der Waals surface area contributed by atoms with Crippen molar-refractivity contribution < 1.29 is 0 Å². The molecule has 1 aliphatic heterocycles. The topological polar surface area (TPSA) is 70.3 Å². The number of nitrogens with two attached hydrogens (primary N) is 1. The molecule has 0 unspecified atom stereocenters. The predicted molar refractivity (Wildman–Crippen MR) is 65.1 cm³/mol. The van der Waals surface area contributed by atoms with Gasteiger partial charge >= 0.3 is 0 Å². The van der Waals surface area contributed by atoms with Gasteiger partial charge in [0.05, 0.1) is 6.54 Å². The summed E-state index contributed by atoms with van der Waals surface area (Å²) in [5.74, 6) is 5.28. The maximum atomic E-state index is 5.28. The monoisotopic (exact) mass is 242 g/mol. The van der Waals surface area contributed by atoms with Crippen LogP contribution in [0.1, 0.15) is 11.4 Å². The van der Waals surface area contributed by atoms with E-state index in [9.17, 15) is 0 Å². The molecule has 0 atom stereocenters. The van der Waals surface area contributed by atoms with Crippen molar-refractivity contribution in [3.8, 4) is 0 Å². The van der Waals surface area contributed by atoms with Crippen LogP contribution in [0, 0.1) is 0 Å². The summed E-state index contributed by atoms with van der Waals surface area (Å²) < 4.78 is 0. The second kappa shape index (κ2) is 5.53. The Balaban J connectivity index is 1.88. The summed E-state index contributed by atoms with van der Waals surface area (Å²) in [5.41, 5.74) is 2.52. The number of anilines is 1. The molecule has 1 aromatic heterocycles. The third kappa shape index (κ3) is 3.11. The second-order valence-corrected chi connectivity index (χ2v) is 5.14. The molecule has 1 aromatic rings. The highest BCUT2D eigenvalue weighted by atomic mass is 32.1. The Kier molecular flexibility index (Phi) is 4.05. The molecule has 2 heterocycles. The minimum Gasteiger partial charge on any atom is -0.305 e. The molecule has 0 spiro atoms. The van der Waals surface area contributed by atoms with Crippen molar-refractivity contribution in [3.63, 3.8) is 0 Å². The Labute approximate surface area is 99.4 Å². The van der Waals surface area contributed by atoms with E-state index >= 15 is 0 Å². The van der Waals surface area contributed by atoms with Crippen molar-refractivity contribution in [1.29, 1.82) is 0 Å². The number of hydrazine groups is 1. The first kappa shape index (κ1) is 11.7. The van der Waals surface area contributed by atoms with Crippen molar-refractivity contribution >= 4 is 16.5 Å². The van der Waals surface area contributed by atoms with Crippen LogP contribution in [0.5, 0.6) is 0 Å². The van der Waals surface area contributed by atoms with Gasteiger partial charge in [0.1, 0.15) is 5.01 Å². The molecule has 0 radical (unpaired) electrons. The van der Waals surface area contributed by atoms with Gasteiger partial charge in [0.15, 0.2) is 0 Å². The predicted octanol–water partition coefficient (Wildman–Crippen LogP) is -0.0388. The minimum absolute atomic E-state index is 0.682. The lowest BCUT2D eigenvalue weighted by Crippen LogP contribution is -2.28. The van der Waals surface area contributed by atoms with E-state index in [2.05, 4.69) is 32.5 Å². The first-order chi connectivity index (χ1) is 7.78. The van der Waals surface area contributed by atoms with E-state index in [1.807, 2.05) is 0 Å². The van der Waals surface area contributed by atoms with Crippen molar-refractivity contribution in [2.75, 3.05) is 38.7 Å². The molecule has 3 N–H and O–H groups in total. The number of nitrogen functional groups attached to an aromatic ring is 1. The highest BCUT2D eigenvalue weighted by molar-refractivity contribution is 7.15. The van der Waals surface area contributed by atoms with Crippen molar-refractivity contribution in [2.45, 2.75) is 13.0 Å². The van der Waals surface area contributed by atoms with Gasteiger partial charge in [0.2, 0.25) is 5.13 Å². The first-order valence-electron chi connectivity index (χ1n) is 5.48. The normalized spacial score (nSPS) is 19.6. The first-order valence-corrected chi connectivity index (χ1v) is 6.29. The molecule has 0 amide bonds. The van der Waals surface area contributed by atoms with E-state index in [0.717, 1.165) is 31.2 Å². The summed E-state index contributed by atoms with van der Waals surface area (Å²) in [6.07, 6.45) is 1.22. The number of likely N-dealkylation sites (N-methyl/N-ethyl adjacent to an activating group) is 1. The summed E-state index contributed by atoms with van der Waals surface area (Å²) >= 11 is 1.52.